The van der Waals surface area contributed by atoms with Gasteiger partial charge in [0.15, 0.2) is 0 Å². The summed E-state index contributed by atoms with van der Waals surface area (Å²) in [5, 5.41) is 14.9. The Morgan fingerprint density at radius 2 is 1.18 bits per heavy atom. The number of methoxy groups -OCH3 is 2. The molecule has 1 aliphatic carbocycles. The Balaban J connectivity index is 0.926. The van der Waals surface area contributed by atoms with Crippen molar-refractivity contribution in [2.75, 3.05) is 35.5 Å². The molecule has 2 aromatic heterocycles. The molecule has 0 aliphatic heterocycles. The summed E-state index contributed by atoms with van der Waals surface area (Å²) in [6, 6.07) is 20.2. The lowest BCUT2D eigenvalue weighted by atomic mass is 9.80. The summed E-state index contributed by atoms with van der Waals surface area (Å²) < 4.78 is 97.0. The Bertz CT molecular complexity index is 2570. The van der Waals surface area contributed by atoms with Gasteiger partial charge in [-0.2, -0.15) is 10.2 Å². The minimum atomic E-state index is -4.18. The van der Waals surface area contributed by atoms with Crippen LogP contribution in [0.4, 0.5) is 25.8 Å². The smallest absolute Gasteiger partial charge is 0.340 e. The van der Waals surface area contributed by atoms with E-state index < -0.39 is 43.6 Å². The second kappa shape index (κ2) is 17.3. The molecule has 7 rings (SSSR count). The van der Waals surface area contributed by atoms with Crippen LogP contribution >= 0.6 is 0 Å². The van der Waals surface area contributed by atoms with Gasteiger partial charge in [0.2, 0.25) is 0 Å². The summed E-state index contributed by atoms with van der Waals surface area (Å²) in [4.78, 5) is 25.1. The molecule has 1 aliphatic rings. The fourth-order valence-corrected chi connectivity index (χ4v) is 8.47. The van der Waals surface area contributed by atoms with Crippen molar-refractivity contribution in [1.82, 2.24) is 24.9 Å². The normalized spacial score (nSPS) is 15.1. The average Bonchev–Trinajstić information content (AvgIpc) is 3.94. The van der Waals surface area contributed by atoms with Gasteiger partial charge >= 0.3 is 11.9 Å². The molecule has 1 saturated carbocycles. The Morgan fingerprint density at radius 3 is 1.68 bits per heavy atom. The number of halogens is 2. The maximum Gasteiger partial charge on any atom is 0.340 e. The van der Waals surface area contributed by atoms with Crippen LogP contribution in [0.15, 0.2) is 120 Å². The average molecular weight is 861 g/mol. The second-order valence-electron chi connectivity index (χ2n) is 13.8. The van der Waals surface area contributed by atoms with E-state index in [0.717, 1.165) is 30.8 Å². The summed E-state index contributed by atoms with van der Waals surface area (Å²) in [7, 11) is -5.96. The van der Waals surface area contributed by atoms with Crippen molar-refractivity contribution >= 4 is 49.0 Å². The van der Waals surface area contributed by atoms with E-state index in [1.165, 1.54) is 103 Å². The standard InChI is InChI=1S/C40H38F2N8O8S2/c1-57-39(51)35-17-25(3-13-37(35)47-59(53,54)33-21-45-49(23-33)31-9-4-27(41)5-10-31)19-44-30-15-26(16-30)20-43-29-8-14-38(36(18-29)40(52)58-2)48-60(55,56)34-22-46-50(24-34)32-11-6-28(42)7-12-32/h3-14,17-18,21-24,26,30,43-44,47-48H,15-16,19-20H2,1-2H3. The van der Waals surface area contributed by atoms with Gasteiger partial charge in [0.25, 0.3) is 20.0 Å². The quantitative estimate of drug-likeness (QED) is 0.0893. The zero-order valence-electron chi connectivity index (χ0n) is 32.0. The zero-order chi connectivity index (χ0) is 42.6. The first kappa shape index (κ1) is 41.5. The lowest BCUT2D eigenvalue weighted by Crippen LogP contribution is -2.43. The molecule has 0 unspecified atom stereocenters. The van der Waals surface area contributed by atoms with E-state index in [1.54, 1.807) is 18.2 Å². The maximum atomic E-state index is 13.3. The number of aromatic nitrogens is 4. The van der Waals surface area contributed by atoms with Gasteiger partial charge in [-0.25, -0.2) is 44.6 Å². The molecule has 312 valence electrons. The first-order valence-electron chi connectivity index (χ1n) is 18.3. The topological polar surface area (TPSA) is 205 Å². The monoisotopic (exact) mass is 860 g/mol. The Kier molecular flexibility index (Phi) is 12.0. The Morgan fingerprint density at radius 1 is 0.700 bits per heavy atom. The molecule has 1 fully saturated rings. The molecule has 0 saturated heterocycles. The van der Waals surface area contributed by atoms with E-state index in [1.807, 2.05) is 0 Å². The molecule has 0 amide bonds. The Labute approximate surface area is 343 Å². The van der Waals surface area contributed by atoms with Crippen LogP contribution in [0, 0.1) is 17.6 Å². The van der Waals surface area contributed by atoms with Gasteiger partial charge in [0, 0.05) is 24.8 Å². The highest BCUT2D eigenvalue weighted by molar-refractivity contribution is 7.93. The van der Waals surface area contributed by atoms with Crippen LogP contribution < -0.4 is 20.1 Å². The van der Waals surface area contributed by atoms with Crippen LogP contribution in [0.2, 0.25) is 0 Å². The van der Waals surface area contributed by atoms with E-state index in [2.05, 4.69) is 30.3 Å². The second-order valence-corrected chi connectivity index (χ2v) is 17.2. The largest absolute Gasteiger partial charge is 0.465 e. The number of hydrogen-bond donors (Lipinski definition) is 4. The SMILES string of the molecule is COC(=O)c1cc(CNC2CC(CNc3ccc(NS(=O)(=O)c4cnn(-c5ccc(F)cc5)c4)c(C(=O)OC)c3)C2)ccc1NS(=O)(=O)c1cnn(-c2ccc(F)cc2)c1. The third kappa shape index (κ3) is 9.46. The number of rotatable bonds is 16. The van der Waals surface area contributed by atoms with Crippen molar-refractivity contribution < 1.29 is 44.7 Å². The number of carbonyl (C=O) groups excluding carboxylic acids is 2. The van der Waals surface area contributed by atoms with Crippen LogP contribution in [0.3, 0.4) is 0 Å². The summed E-state index contributed by atoms with van der Waals surface area (Å²) in [5.41, 5.74) is 2.24. The molecule has 0 spiro atoms. The Hall–Kier alpha value is -6.64. The molecule has 0 bridgehead atoms. The predicted molar refractivity (Wildman–Crippen MR) is 216 cm³/mol. The van der Waals surface area contributed by atoms with Gasteiger partial charge in [-0.3, -0.25) is 9.44 Å². The predicted octanol–water partition coefficient (Wildman–Crippen LogP) is 5.49. The first-order chi connectivity index (χ1) is 28.7. The third-order valence-corrected chi connectivity index (χ3v) is 12.4. The number of carbonyl (C=O) groups is 2. The number of esters is 2. The van der Waals surface area contributed by atoms with E-state index in [-0.39, 0.29) is 44.3 Å². The number of ether oxygens (including phenoxy) is 2. The molecule has 16 nitrogen and oxygen atoms in total. The molecule has 4 aromatic carbocycles. The van der Waals surface area contributed by atoms with E-state index in [0.29, 0.717) is 30.2 Å². The maximum absolute atomic E-state index is 13.3. The molecule has 20 heteroatoms. The van der Waals surface area contributed by atoms with Gasteiger partial charge in [0.1, 0.15) is 21.4 Å². The fraction of sp³-hybridized carbons (Fsp3) is 0.200. The van der Waals surface area contributed by atoms with Crippen molar-refractivity contribution in [2.24, 2.45) is 5.92 Å². The minimum absolute atomic E-state index is 0.00570. The van der Waals surface area contributed by atoms with Crippen LogP contribution in [0.5, 0.6) is 0 Å². The van der Waals surface area contributed by atoms with Gasteiger partial charge in [-0.1, -0.05) is 6.07 Å². The van der Waals surface area contributed by atoms with Gasteiger partial charge in [-0.05, 0) is 103 Å². The lowest BCUT2D eigenvalue weighted by molar-refractivity contribution is 0.0593. The third-order valence-electron chi connectivity index (χ3n) is 9.75. The van der Waals surface area contributed by atoms with Crippen molar-refractivity contribution in [3.63, 3.8) is 0 Å². The number of nitrogens with zero attached hydrogens (tertiary/aromatic N) is 4. The number of nitrogens with one attached hydrogen (secondary N) is 4. The number of anilines is 3. The lowest BCUT2D eigenvalue weighted by Gasteiger charge is -2.36. The van der Waals surface area contributed by atoms with Crippen molar-refractivity contribution in [2.45, 2.75) is 35.2 Å². The molecular weight excluding hydrogens is 823 g/mol. The summed E-state index contributed by atoms with van der Waals surface area (Å²) in [6.45, 7) is 0.954. The molecule has 2 heterocycles. The molecular formula is C40H38F2N8O8S2. The highest BCUT2D eigenvalue weighted by Crippen LogP contribution is 2.30. The zero-order valence-corrected chi connectivity index (χ0v) is 33.6. The minimum Gasteiger partial charge on any atom is -0.465 e. The number of benzene rings is 4. The first-order valence-corrected chi connectivity index (χ1v) is 21.3. The van der Waals surface area contributed by atoms with Crippen LogP contribution in [0.25, 0.3) is 11.4 Å². The molecule has 4 N–H and O–H groups in total. The van der Waals surface area contributed by atoms with Crippen molar-refractivity contribution in [1.29, 1.82) is 0 Å². The van der Waals surface area contributed by atoms with Crippen LogP contribution in [-0.2, 0) is 36.1 Å². The van der Waals surface area contributed by atoms with Crippen molar-refractivity contribution in [3.05, 3.63) is 138 Å². The van der Waals surface area contributed by atoms with Crippen molar-refractivity contribution in [3.8, 4) is 11.4 Å². The van der Waals surface area contributed by atoms with E-state index >= 15 is 0 Å². The highest BCUT2D eigenvalue weighted by atomic mass is 32.2. The van der Waals surface area contributed by atoms with Crippen LogP contribution in [0.1, 0.15) is 39.1 Å². The molecule has 60 heavy (non-hydrogen) atoms. The van der Waals surface area contributed by atoms with E-state index in [4.69, 9.17) is 9.47 Å². The molecule has 6 aromatic rings. The number of sulfonamides is 2. The molecule has 0 atom stereocenters. The van der Waals surface area contributed by atoms with Gasteiger partial charge in [0.05, 0.1) is 72.9 Å². The summed E-state index contributed by atoms with van der Waals surface area (Å²) >= 11 is 0. The fourth-order valence-electron chi connectivity index (χ4n) is 6.45. The van der Waals surface area contributed by atoms with E-state index in [9.17, 15) is 35.2 Å². The highest BCUT2D eigenvalue weighted by Gasteiger charge is 2.29. The molecule has 0 radical (unpaired) electrons. The summed E-state index contributed by atoms with van der Waals surface area (Å²) in [5.74, 6) is -2.10. The number of hydrogen-bond acceptors (Lipinski definition) is 12. The van der Waals surface area contributed by atoms with Gasteiger partial charge in [-0.15, -0.1) is 0 Å². The summed E-state index contributed by atoms with van der Waals surface area (Å²) in [6.07, 6.45) is 6.45. The van der Waals surface area contributed by atoms with Crippen LogP contribution in [-0.4, -0.2) is 75.1 Å². The van der Waals surface area contributed by atoms with Gasteiger partial charge < -0.3 is 20.1 Å².